The lowest BCUT2D eigenvalue weighted by molar-refractivity contribution is -0.144. The monoisotopic (exact) mass is 274 g/mol. The van der Waals surface area contributed by atoms with Gasteiger partial charge >= 0.3 is 5.97 Å². The smallest absolute Gasteiger partial charge is 0.307 e. The zero-order valence-corrected chi connectivity index (χ0v) is 12.9. The van der Waals surface area contributed by atoms with Gasteiger partial charge in [-0.2, -0.15) is 0 Å². The number of aliphatic carboxylic acids is 1. The molecule has 110 valence electrons. The number of carboxylic acid groups (broad SMARTS) is 1. The highest BCUT2D eigenvalue weighted by Gasteiger charge is 2.39. The van der Waals surface area contributed by atoms with E-state index in [1.165, 1.54) is 11.1 Å². The largest absolute Gasteiger partial charge is 0.481 e. The van der Waals surface area contributed by atoms with Gasteiger partial charge in [-0.15, -0.1) is 0 Å². The second-order valence-corrected chi connectivity index (χ2v) is 6.95. The van der Waals surface area contributed by atoms with E-state index >= 15 is 0 Å². The Morgan fingerprint density at radius 3 is 2.50 bits per heavy atom. The molecule has 1 aliphatic carbocycles. The summed E-state index contributed by atoms with van der Waals surface area (Å²) in [6, 6.07) is 8.62. The predicted octanol–water partition coefficient (Wildman–Crippen LogP) is 4.63. The Labute approximate surface area is 122 Å². The van der Waals surface area contributed by atoms with Crippen molar-refractivity contribution >= 4 is 5.97 Å². The van der Waals surface area contributed by atoms with E-state index in [4.69, 9.17) is 0 Å². The highest BCUT2D eigenvalue weighted by molar-refractivity contribution is 5.71. The van der Waals surface area contributed by atoms with Crippen LogP contribution in [0.3, 0.4) is 0 Å². The molecule has 2 nitrogen and oxygen atoms in total. The molecule has 1 saturated carbocycles. The number of benzene rings is 1. The van der Waals surface area contributed by atoms with Crippen molar-refractivity contribution in [1.82, 2.24) is 0 Å². The molecular formula is C18H26O2. The van der Waals surface area contributed by atoms with Crippen molar-refractivity contribution in [2.75, 3.05) is 0 Å². The third kappa shape index (κ3) is 3.41. The highest BCUT2D eigenvalue weighted by atomic mass is 16.4. The van der Waals surface area contributed by atoms with Crippen LogP contribution in [-0.4, -0.2) is 11.1 Å². The van der Waals surface area contributed by atoms with Gasteiger partial charge in [0.05, 0.1) is 5.92 Å². The summed E-state index contributed by atoms with van der Waals surface area (Å²) in [5.41, 5.74) is 2.79. The number of aryl methyl sites for hydroxylation is 1. The molecule has 1 N–H and O–H groups in total. The molecule has 0 radical (unpaired) electrons. The van der Waals surface area contributed by atoms with Gasteiger partial charge in [0, 0.05) is 0 Å². The van der Waals surface area contributed by atoms with Crippen molar-refractivity contribution in [2.24, 2.45) is 11.3 Å². The van der Waals surface area contributed by atoms with Crippen LogP contribution in [0.2, 0.25) is 0 Å². The maximum atomic E-state index is 11.5. The summed E-state index contributed by atoms with van der Waals surface area (Å²) >= 11 is 0. The molecule has 0 spiro atoms. The topological polar surface area (TPSA) is 37.3 Å². The van der Waals surface area contributed by atoms with E-state index in [2.05, 4.69) is 45.0 Å². The molecular weight excluding hydrogens is 248 g/mol. The van der Waals surface area contributed by atoms with Crippen LogP contribution in [0.1, 0.15) is 63.5 Å². The van der Waals surface area contributed by atoms with E-state index in [1.807, 2.05) is 0 Å². The van der Waals surface area contributed by atoms with Crippen LogP contribution in [0.5, 0.6) is 0 Å². The Kier molecular flexibility index (Phi) is 4.52. The van der Waals surface area contributed by atoms with Crippen LogP contribution >= 0.6 is 0 Å². The molecule has 0 bridgehead atoms. The van der Waals surface area contributed by atoms with Gasteiger partial charge in [0.1, 0.15) is 0 Å². The number of hydrogen-bond acceptors (Lipinski definition) is 1. The van der Waals surface area contributed by atoms with E-state index in [9.17, 15) is 9.90 Å². The Balaban J connectivity index is 2.23. The molecule has 0 aliphatic heterocycles. The minimum absolute atomic E-state index is 0.159. The molecule has 20 heavy (non-hydrogen) atoms. The average molecular weight is 274 g/mol. The van der Waals surface area contributed by atoms with E-state index in [-0.39, 0.29) is 17.3 Å². The molecule has 0 amide bonds. The van der Waals surface area contributed by atoms with Gasteiger partial charge in [0.2, 0.25) is 0 Å². The first-order valence-electron chi connectivity index (χ1n) is 7.74. The van der Waals surface area contributed by atoms with Crippen LogP contribution in [0, 0.1) is 11.3 Å². The number of rotatable bonds is 4. The van der Waals surface area contributed by atoms with Crippen molar-refractivity contribution in [1.29, 1.82) is 0 Å². The van der Waals surface area contributed by atoms with Crippen molar-refractivity contribution in [3.8, 4) is 0 Å². The van der Waals surface area contributed by atoms with Crippen molar-refractivity contribution in [3.05, 3.63) is 35.4 Å². The highest BCUT2D eigenvalue weighted by Crippen LogP contribution is 2.46. The molecule has 0 aromatic heterocycles. The zero-order valence-electron chi connectivity index (χ0n) is 12.9. The lowest BCUT2D eigenvalue weighted by atomic mass is 9.65. The van der Waals surface area contributed by atoms with Crippen LogP contribution in [0.15, 0.2) is 24.3 Å². The Morgan fingerprint density at radius 2 is 1.95 bits per heavy atom. The van der Waals surface area contributed by atoms with Crippen LogP contribution in [0.25, 0.3) is 0 Å². The fourth-order valence-electron chi connectivity index (χ4n) is 3.45. The lowest BCUT2D eigenvalue weighted by Gasteiger charge is -2.39. The van der Waals surface area contributed by atoms with E-state index in [1.54, 1.807) is 0 Å². The second-order valence-electron chi connectivity index (χ2n) is 6.95. The van der Waals surface area contributed by atoms with Gasteiger partial charge < -0.3 is 5.11 Å². The first kappa shape index (κ1) is 15.1. The van der Waals surface area contributed by atoms with Crippen molar-refractivity contribution < 1.29 is 9.90 Å². The van der Waals surface area contributed by atoms with Crippen LogP contribution in [-0.2, 0) is 11.2 Å². The molecule has 1 aromatic carbocycles. The van der Waals surface area contributed by atoms with Crippen molar-refractivity contribution in [2.45, 2.75) is 58.8 Å². The van der Waals surface area contributed by atoms with Gasteiger partial charge in [0.25, 0.3) is 0 Å². The summed E-state index contributed by atoms with van der Waals surface area (Å²) in [7, 11) is 0. The maximum absolute atomic E-state index is 11.5. The van der Waals surface area contributed by atoms with E-state index in [0.29, 0.717) is 0 Å². The summed E-state index contributed by atoms with van der Waals surface area (Å²) in [5.74, 6) is -0.699. The maximum Gasteiger partial charge on any atom is 0.307 e. The van der Waals surface area contributed by atoms with Crippen molar-refractivity contribution in [3.63, 3.8) is 0 Å². The molecule has 2 atom stereocenters. The predicted molar refractivity (Wildman–Crippen MR) is 81.9 cm³/mol. The summed E-state index contributed by atoms with van der Waals surface area (Å²) in [6.07, 6.45) is 5.02. The average Bonchev–Trinajstić information content (AvgIpc) is 2.38. The summed E-state index contributed by atoms with van der Waals surface area (Å²) in [4.78, 5) is 11.5. The van der Waals surface area contributed by atoms with Crippen LogP contribution in [0.4, 0.5) is 0 Å². The molecule has 0 heterocycles. The third-order valence-electron chi connectivity index (χ3n) is 4.65. The Morgan fingerprint density at radius 1 is 1.30 bits per heavy atom. The van der Waals surface area contributed by atoms with Crippen LogP contribution < -0.4 is 0 Å². The normalized spacial score (nSPS) is 25.4. The SMILES string of the molecule is CCCc1ccc(C2CC(C)(C)CCC2C(=O)O)cc1. The number of hydrogen-bond donors (Lipinski definition) is 1. The minimum atomic E-state index is -0.636. The third-order valence-corrected chi connectivity index (χ3v) is 4.65. The minimum Gasteiger partial charge on any atom is -0.481 e. The summed E-state index contributed by atoms with van der Waals surface area (Å²) < 4.78 is 0. The Bertz CT molecular complexity index is 459. The number of carbonyl (C=O) groups is 1. The number of carboxylic acids is 1. The van der Waals surface area contributed by atoms with Gasteiger partial charge in [0.15, 0.2) is 0 Å². The Hall–Kier alpha value is -1.31. The standard InChI is InChI=1S/C18H26O2/c1-4-5-13-6-8-14(9-7-13)16-12-18(2,3)11-10-15(16)17(19)20/h6-9,15-16H,4-5,10-12H2,1-3H3,(H,19,20). The fourth-order valence-corrected chi connectivity index (χ4v) is 3.45. The first-order valence-corrected chi connectivity index (χ1v) is 7.74. The van der Waals surface area contributed by atoms with Gasteiger partial charge in [-0.25, -0.2) is 0 Å². The van der Waals surface area contributed by atoms with Gasteiger partial charge in [-0.05, 0) is 48.1 Å². The van der Waals surface area contributed by atoms with Gasteiger partial charge in [-0.1, -0.05) is 51.5 Å². The molecule has 1 aliphatic rings. The van der Waals surface area contributed by atoms with E-state index in [0.717, 1.165) is 32.1 Å². The molecule has 2 heteroatoms. The van der Waals surface area contributed by atoms with Gasteiger partial charge in [-0.3, -0.25) is 4.79 Å². The lowest BCUT2D eigenvalue weighted by Crippen LogP contribution is -2.32. The fraction of sp³-hybridized carbons (Fsp3) is 0.611. The molecule has 2 unspecified atom stereocenters. The zero-order chi connectivity index (χ0) is 14.8. The summed E-state index contributed by atoms with van der Waals surface area (Å²) in [5, 5.41) is 9.48. The second kappa shape index (κ2) is 5.99. The quantitative estimate of drug-likeness (QED) is 0.869. The molecule has 2 rings (SSSR count). The first-order chi connectivity index (χ1) is 9.43. The molecule has 1 aromatic rings. The molecule has 0 saturated heterocycles. The summed E-state index contributed by atoms with van der Waals surface area (Å²) in [6.45, 7) is 6.69. The molecule has 1 fully saturated rings. The van der Waals surface area contributed by atoms with E-state index < -0.39 is 5.97 Å².